The van der Waals surface area contributed by atoms with Gasteiger partial charge in [-0.1, -0.05) is 11.8 Å². The van der Waals surface area contributed by atoms with Crippen molar-refractivity contribution in [2.24, 2.45) is 5.92 Å². The van der Waals surface area contributed by atoms with Crippen LogP contribution in [0.3, 0.4) is 0 Å². The summed E-state index contributed by atoms with van der Waals surface area (Å²) in [4.78, 5) is 32.1. The number of carbonyl (C=O) groups is 2. The van der Waals surface area contributed by atoms with E-state index in [9.17, 15) is 18.0 Å². The molecule has 4 rings (SSSR count). The molecule has 1 aromatic rings. The van der Waals surface area contributed by atoms with Crippen LogP contribution in [-0.4, -0.2) is 57.0 Å². The normalized spacial score (nSPS) is 24.5. The fourth-order valence-electron chi connectivity index (χ4n) is 3.85. The van der Waals surface area contributed by atoms with Gasteiger partial charge in [0.25, 0.3) is 5.91 Å². The summed E-state index contributed by atoms with van der Waals surface area (Å²) in [5.41, 5.74) is 3.73. The summed E-state index contributed by atoms with van der Waals surface area (Å²) in [6.07, 6.45) is 3.49. The van der Waals surface area contributed by atoms with E-state index < -0.39 is 39.0 Å². The zero-order chi connectivity index (χ0) is 24.3. The molecule has 0 aromatic heterocycles. The molecule has 3 fully saturated rings. The molecule has 1 N–H and O–H groups in total. The van der Waals surface area contributed by atoms with Gasteiger partial charge in [-0.25, -0.2) is 23.5 Å². The van der Waals surface area contributed by atoms with Gasteiger partial charge in [-0.05, 0) is 56.9 Å². The average Bonchev–Trinajstić information content (AvgIpc) is 3.57. The molecule has 34 heavy (non-hydrogen) atoms. The highest BCUT2D eigenvalue weighted by atomic mass is 32.2. The number of sulfone groups is 1. The Balaban J connectivity index is 1.40. The van der Waals surface area contributed by atoms with E-state index in [2.05, 4.69) is 17.3 Å². The summed E-state index contributed by atoms with van der Waals surface area (Å²) in [6, 6.07) is 7.23. The average molecular weight is 491 g/mol. The number of ether oxygens (including phenoxy) is 2. The molecular formula is C24H30N2O7S. The molecule has 0 spiro atoms. The van der Waals surface area contributed by atoms with Crippen molar-refractivity contribution >= 4 is 27.5 Å². The lowest BCUT2D eigenvalue weighted by molar-refractivity contribution is -0.201. The summed E-state index contributed by atoms with van der Waals surface area (Å²) in [7, 11) is -3.88. The lowest BCUT2D eigenvalue weighted by Crippen LogP contribution is -2.53. The van der Waals surface area contributed by atoms with Gasteiger partial charge in [0.1, 0.15) is 6.10 Å². The lowest BCUT2D eigenvalue weighted by atomic mass is 10.0. The van der Waals surface area contributed by atoms with Crippen LogP contribution in [0.5, 0.6) is 0 Å². The molecule has 2 saturated heterocycles. The van der Waals surface area contributed by atoms with Crippen molar-refractivity contribution < 1.29 is 32.3 Å². The molecule has 1 aromatic carbocycles. The molecular weight excluding hydrogens is 460 g/mol. The molecule has 2 heterocycles. The fraction of sp³-hybridized carbons (Fsp3) is 0.583. The number of anilines is 1. The maximum atomic E-state index is 12.9. The quantitative estimate of drug-likeness (QED) is 0.462. The molecule has 184 valence electrons. The summed E-state index contributed by atoms with van der Waals surface area (Å²) in [5, 5.41) is 0. The number of nitrogens with one attached hydrogen (secondary N) is 1. The second kappa shape index (κ2) is 9.94. The van der Waals surface area contributed by atoms with E-state index in [1.54, 1.807) is 12.1 Å². The van der Waals surface area contributed by atoms with Crippen LogP contribution in [0.15, 0.2) is 24.3 Å². The van der Waals surface area contributed by atoms with E-state index in [0.717, 1.165) is 37.5 Å². The number of hydrogen-bond acceptors (Lipinski definition) is 7. The second-order valence-electron chi connectivity index (χ2n) is 9.26. The highest BCUT2D eigenvalue weighted by Crippen LogP contribution is 2.31. The topological polar surface area (TPSA) is 111 Å². The largest absolute Gasteiger partial charge is 0.444 e. The maximum Gasteiger partial charge on any atom is 0.414 e. The number of nitrogens with zero attached hydrogens (tertiary/aromatic N) is 1. The first-order chi connectivity index (χ1) is 16.2. The maximum absolute atomic E-state index is 12.9. The smallest absolute Gasteiger partial charge is 0.414 e. The molecule has 1 saturated carbocycles. The number of rotatable bonds is 7. The third kappa shape index (κ3) is 5.71. The first-order valence-electron chi connectivity index (χ1n) is 11.5. The van der Waals surface area contributed by atoms with Crippen molar-refractivity contribution in [2.75, 3.05) is 24.3 Å². The van der Waals surface area contributed by atoms with E-state index in [1.807, 2.05) is 12.1 Å². The van der Waals surface area contributed by atoms with Crippen molar-refractivity contribution in [1.82, 2.24) is 5.48 Å². The van der Waals surface area contributed by atoms with Crippen LogP contribution in [0.2, 0.25) is 0 Å². The SMILES string of the molecule is CC(CC1CN(c2ccc(C#CC3CC3)cc2)C(=O)O1)(C(=O)NOC1CCCCO1)S(C)(=O)=O. The molecule has 9 nitrogen and oxygen atoms in total. The molecule has 0 radical (unpaired) electrons. The van der Waals surface area contributed by atoms with Crippen molar-refractivity contribution in [2.45, 2.75) is 62.6 Å². The van der Waals surface area contributed by atoms with E-state index in [1.165, 1.54) is 11.8 Å². The van der Waals surface area contributed by atoms with Crippen LogP contribution in [-0.2, 0) is 28.9 Å². The van der Waals surface area contributed by atoms with Gasteiger partial charge < -0.3 is 9.47 Å². The number of cyclic esters (lactones) is 1. The Morgan fingerprint density at radius 3 is 2.59 bits per heavy atom. The fourth-order valence-corrected chi connectivity index (χ4v) is 4.72. The van der Waals surface area contributed by atoms with Crippen LogP contribution in [0.1, 0.15) is 51.0 Å². The first kappa shape index (κ1) is 24.5. The van der Waals surface area contributed by atoms with Crippen LogP contribution >= 0.6 is 0 Å². The number of carbonyl (C=O) groups excluding carboxylic acids is 2. The Labute approximate surface area is 200 Å². The van der Waals surface area contributed by atoms with Crippen LogP contribution in [0.4, 0.5) is 10.5 Å². The second-order valence-corrected chi connectivity index (χ2v) is 11.7. The number of benzene rings is 1. The molecule has 3 atom stereocenters. The van der Waals surface area contributed by atoms with Gasteiger partial charge in [-0.15, -0.1) is 0 Å². The summed E-state index contributed by atoms with van der Waals surface area (Å²) in [5.74, 6) is 5.99. The van der Waals surface area contributed by atoms with E-state index in [-0.39, 0.29) is 13.0 Å². The number of hydrogen-bond donors (Lipinski definition) is 1. The highest BCUT2D eigenvalue weighted by molar-refractivity contribution is 7.92. The van der Waals surface area contributed by atoms with Crippen molar-refractivity contribution in [1.29, 1.82) is 0 Å². The third-order valence-electron chi connectivity index (χ3n) is 6.39. The Morgan fingerprint density at radius 1 is 1.24 bits per heavy atom. The summed E-state index contributed by atoms with van der Waals surface area (Å²) in [6.45, 7) is 1.95. The van der Waals surface area contributed by atoms with Gasteiger partial charge in [0.05, 0.1) is 6.54 Å². The number of hydroxylamine groups is 1. The van der Waals surface area contributed by atoms with Gasteiger partial charge >= 0.3 is 6.09 Å². The Kier molecular flexibility index (Phi) is 7.17. The predicted molar refractivity (Wildman–Crippen MR) is 124 cm³/mol. The minimum absolute atomic E-state index is 0.122. The molecule has 1 aliphatic carbocycles. The van der Waals surface area contributed by atoms with Gasteiger partial charge in [0.2, 0.25) is 0 Å². The molecule has 0 bridgehead atoms. The van der Waals surface area contributed by atoms with Crippen molar-refractivity contribution in [3.8, 4) is 11.8 Å². The van der Waals surface area contributed by atoms with Gasteiger partial charge in [0.15, 0.2) is 20.9 Å². The first-order valence-corrected chi connectivity index (χ1v) is 13.4. The minimum Gasteiger partial charge on any atom is -0.444 e. The number of amides is 2. The van der Waals surface area contributed by atoms with E-state index in [4.69, 9.17) is 14.3 Å². The summed E-state index contributed by atoms with van der Waals surface area (Å²) < 4.78 is 34.2. The summed E-state index contributed by atoms with van der Waals surface area (Å²) >= 11 is 0. The molecule has 3 unspecified atom stereocenters. The van der Waals surface area contributed by atoms with E-state index in [0.29, 0.717) is 24.6 Å². The van der Waals surface area contributed by atoms with E-state index >= 15 is 0 Å². The van der Waals surface area contributed by atoms with Crippen LogP contribution in [0.25, 0.3) is 0 Å². The molecule has 3 aliphatic rings. The highest BCUT2D eigenvalue weighted by Gasteiger charge is 2.48. The Morgan fingerprint density at radius 2 is 1.97 bits per heavy atom. The van der Waals surface area contributed by atoms with Crippen LogP contribution < -0.4 is 10.4 Å². The van der Waals surface area contributed by atoms with Gasteiger partial charge in [-0.2, -0.15) is 0 Å². The predicted octanol–water partition coefficient (Wildman–Crippen LogP) is 2.54. The van der Waals surface area contributed by atoms with Gasteiger partial charge in [-0.3, -0.25) is 9.69 Å². The Bertz CT molecular complexity index is 1080. The minimum atomic E-state index is -3.88. The molecule has 2 aliphatic heterocycles. The third-order valence-corrected chi connectivity index (χ3v) is 8.38. The zero-order valence-corrected chi connectivity index (χ0v) is 20.2. The monoisotopic (exact) mass is 490 g/mol. The van der Waals surface area contributed by atoms with Crippen LogP contribution in [0, 0.1) is 17.8 Å². The van der Waals surface area contributed by atoms with Gasteiger partial charge in [0, 0.05) is 42.9 Å². The lowest BCUT2D eigenvalue weighted by Gasteiger charge is -2.29. The van der Waals surface area contributed by atoms with Crippen molar-refractivity contribution in [3.05, 3.63) is 29.8 Å². The standard InChI is InChI=1S/C24H30N2O7S/c1-24(34(2,29)30,22(27)25-33-21-5-3-4-14-31-21)15-20-16-26(23(28)32-20)19-12-10-18(11-13-19)9-8-17-6-7-17/h10-13,17,20-21H,3-7,14-16H2,1-2H3,(H,25,27). The van der Waals surface area contributed by atoms with Crippen molar-refractivity contribution in [3.63, 3.8) is 0 Å². The molecule has 2 amide bonds. The Hall–Kier alpha value is -2.61. The zero-order valence-electron chi connectivity index (χ0n) is 19.4. The molecule has 10 heteroatoms.